The van der Waals surface area contributed by atoms with E-state index in [0.29, 0.717) is 18.7 Å². The molecule has 0 bridgehead atoms. The van der Waals surface area contributed by atoms with Gasteiger partial charge in [-0.1, -0.05) is 29.8 Å². The number of halogens is 1. The summed E-state index contributed by atoms with van der Waals surface area (Å²) in [6.07, 6.45) is 1.59. The average molecular weight is 280 g/mol. The molecule has 0 aliphatic carbocycles. The number of benzene rings is 1. The van der Waals surface area contributed by atoms with E-state index in [1.54, 1.807) is 18.4 Å². The van der Waals surface area contributed by atoms with Crippen molar-refractivity contribution < 1.29 is 9.52 Å². The summed E-state index contributed by atoms with van der Waals surface area (Å²) in [5.41, 5.74) is 1.06. The minimum Gasteiger partial charge on any atom is -0.467 e. The van der Waals surface area contributed by atoms with Crippen LogP contribution in [-0.4, -0.2) is 11.1 Å². The zero-order valence-electron chi connectivity index (χ0n) is 10.8. The standard InChI is InChI=1S/C15H18ClNO2/c1-11(9-14(18)15-7-4-8-19-15)17-10-12-5-2-3-6-13(12)16/h2-8,11,14,17-18H,9-10H2,1H3. The molecule has 1 heterocycles. The van der Waals surface area contributed by atoms with Crippen molar-refractivity contribution in [3.63, 3.8) is 0 Å². The molecule has 0 aliphatic rings. The van der Waals surface area contributed by atoms with Crippen LogP contribution < -0.4 is 5.32 Å². The Bertz CT molecular complexity index is 499. The molecule has 102 valence electrons. The normalized spacial score (nSPS) is 14.3. The van der Waals surface area contributed by atoms with E-state index < -0.39 is 6.10 Å². The van der Waals surface area contributed by atoms with E-state index in [-0.39, 0.29) is 6.04 Å². The Morgan fingerprint density at radius 3 is 2.74 bits per heavy atom. The molecule has 2 unspecified atom stereocenters. The molecule has 2 rings (SSSR count). The smallest absolute Gasteiger partial charge is 0.132 e. The van der Waals surface area contributed by atoms with Crippen molar-refractivity contribution in [3.05, 3.63) is 59.0 Å². The van der Waals surface area contributed by atoms with Crippen LogP contribution in [0.15, 0.2) is 47.1 Å². The Labute approximate surface area is 118 Å². The first-order chi connectivity index (χ1) is 9.16. The van der Waals surface area contributed by atoms with Crippen LogP contribution in [0.2, 0.25) is 5.02 Å². The maximum Gasteiger partial charge on any atom is 0.132 e. The van der Waals surface area contributed by atoms with Gasteiger partial charge in [0.2, 0.25) is 0 Å². The summed E-state index contributed by atoms with van der Waals surface area (Å²) in [5, 5.41) is 14.1. The third kappa shape index (κ3) is 4.10. The van der Waals surface area contributed by atoms with Gasteiger partial charge in [0, 0.05) is 17.6 Å². The van der Waals surface area contributed by atoms with E-state index >= 15 is 0 Å². The molecule has 0 amide bonds. The maximum absolute atomic E-state index is 9.97. The Kier molecular flexibility index (Phi) is 5.02. The molecule has 4 heteroatoms. The second kappa shape index (κ2) is 6.75. The highest BCUT2D eigenvalue weighted by Gasteiger charge is 2.14. The fourth-order valence-electron chi connectivity index (χ4n) is 1.94. The quantitative estimate of drug-likeness (QED) is 0.850. The molecule has 1 aromatic carbocycles. The van der Waals surface area contributed by atoms with E-state index in [1.807, 2.05) is 31.2 Å². The number of aliphatic hydroxyl groups excluding tert-OH is 1. The molecular weight excluding hydrogens is 262 g/mol. The number of hydrogen-bond donors (Lipinski definition) is 2. The van der Waals surface area contributed by atoms with E-state index in [1.165, 1.54) is 0 Å². The molecule has 2 atom stereocenters. The zero-order chi connectivity index (χ0) is 13.7. The van der Waals surface area contributed by atoms with Crippen molar-refractivity contribution in [1.82, 2.24) is 5.32 Å². The van der Waals surface area contributed by atoms with Gasteiger partial charge in [0.15, 0.2) is 0 Å². The van der Waals surface area contributed by atoms with Crippen LogP contribution >= 0.6 is 11.6 Å². The van der Waals surface area contributed by atoms with E-state index in [2.05, 4.69) is 5.32 Å². The Balaban J connectivity index is 1.82. The summed E-state index contributed by atoms with van der Waals surface area (Å²) in [4.78, 5) is 0. The lowest BCUT2D eigenvalue weighted by Crippen LogP contribution is -2.27. The summed E-state index contributed by atoms with van der Waals surface area (Å²) in [5.74, 6) is 0.603. The van der Waals surface area contributed by atoms with Gasteiger partial charge in [-0.3, -0.25) is 0 Å². The van der Waals surface area contributed by atoms with E-state index in [0.717, 1.165) is 10.6 Å². The number of aliphatic hydroxyl groups is 1. The summed E-state index contributed by atoms with van der Waals surface area (Å²) in [6.45, 7) is 2.72. The third-order valence-electron chi connectivity index (χ3n) is 3.05. The number of rotatable bonds is 6. The van der Waals surface area contributed by atoms with E-state index in [9.17, 15) is 5.11 Å². The van der Waals surface area contributed by atoms with Crippen LogP contribution in [0.5, 0.6) is 0 Å². The first-order valence-corrected chi connectivity index (χ1v) is 6.73. The SMILES string of the molecule is CC(CC(O)c1ccco1)NCc1ccccc1Cl. The molecule has 0 saturated carbocycles. The number of furan rings is 1. The van der Waals surface area contributed by atoms with Crippen molar-refractivity contribution >= 4 is 11.6 Å². The zero-order valence-corrected chi connectivity index (χ0v) is 11.6. The van der Waals surface area contributed by atoms with Crippen LogP contribution in [-0.2, 0) is 6.54 Å². The average Bonchev–Trinajstić information content (AvgIpc) is 2.91. The highest BCUT2D eigenvalue weighted by molar-refractivity contribution is 6.31. The third-order valence-corrected chi connectivity index (χ3v) is 3.42. The molecule has 19 heavy (non-hydrogen) atoms. The molecule has 0 saturated heterocycles. The van der Waals surface area contributed by atoms with Crippen molar-refractivity contribution in [3.8, 4) is 0 Å². The fraction of sp³-hybridized carbons (Fsp3) is 0.333. The summed E-state index contributed by atoms with van der Waals surface area (Å²) in [7, 11) is 0. The monoisotopic (exact) mass is 279 g/mol. The Morgan fingerprint density at radius 2 is 2.05 bits per heavy atom. The van der Waals surface area contributed by atoms with Crippen molar-refractivity contribution in [2.45, 2.75) is 32.0 Å². The lowest BCUT2D eigenvalue weighted by molar-refractivity contribution is 0.128. The Hall–Kier alpha value is -1.29. The molecule has 2 aromatic rings. The molecule has 0 radical (unpaired) electrons. The predicted molar refractivity (Wildman–Crippen MR) is 76.0 cm³/mol. The van der Waals surface area contributed by atoms with Gasteiger partial charge in [0.1, 0.15) is 11.9 Å². The molecule has 3 nitrogen and oxygen atoms in total. The lowest BCUT2D eigenvalue weighted by Gasteiger charge is -2.17. The van der Waals surface area contributed by atoms with Crippen molar-refractivity contribution in [2.24, 2.45) is 0 Å². The van der Waals surface area contributed by atoms with Crippen LogP contribution in [0.25, 0.3) is 0 Å². The summed E-state index contributed by atoms with van der Waals surface area (Å²) >= 11 is 6.09. The minimum atomic E-state index is -0.580. The fourth-order valence-corrected chi connectivity index (χ4v) is 2.14. The minimum absolute atomic E-state index is 0.163. The van der Waals surface area contributed by atoms with Gasteiger partial charge in [-0.25, -0.2) is 0 Å². The Morgan fingerprint density at radius 1 is 1.26 bits per heavy atom. The lowest BCUT2D eigenvalue weighted by atomic mass is 10.1. The second-order valence-corrected chi connectivity index (χ2v) is 5.05. The van der Waals surface area contributed by atoms with Gasteiger partial charge in [-0.2, -0.15) is 0 Å². The largest absolute Gasteiger partial charge is 0.467 e. The molecule has 0 fully saturated rings. The van der Waals surface area contributed by atoms with Crippen LogP contribution in [0, 0.1) is 0 Å². The summed E-state index contributed by atoms with van der Waals surface area (Å²) < 4.78 is 5.18. The van der Waals surface area contributed by atoms with Gasteiger partial charge in [0.05, 0.1) is 6.26 Å². The highest BCUT2D eigenvalue weighted by atomic mass is 35.5. The highest BCUT2D eigenvalue weighted by Crippen LogP contribution is 2.19. The number of nitrogens with one attached hydrogen (secondary N) is 1. The molecule has 0 spiro atoms. The topological polar surface area (TPSA) is 45.4 Å². The predicted octanol–water partition coefficient (Wildman–Crippen LogP) is 3.53. The van der Waals surface area contributed by atoms with Gasteiger partial charge in [0.25, 0.3) is 0 Å². The van der Waals surface area contributed by atoms with Crippen molar-refractivity contribution in [2.75, 3.05) is 0 Å². The molecular formula is C15H18ClNO2. The second-order valence-electron chi connectivity index (χ2n) is 4.64. The van der Waals surface area contributed by atoms with Crippen LogP contribution in [0.4, 0.5) is 0 Å². The first kappa shape index (κ1) is 14.1. The molecule has 0 aliphatic heterocycles. The van der Waals surface area contributed by atoms with Crippen molar-refractivity contribution in [1.29, 1.82) is 0 Å². The number of hydrogen-bond acceptors (Lipinski definition) is 3. The van der Waals surface area contributed by atoms with Crippen LogP contribution in [0.3, 0.4) is 0 Å². The molecule has 2 N–H and O–H groups in total. The van der Waals surface area contributed by atoms with Gasteiger partial charge >= 0.3 is 0 Å². The maximum atomic E-state index is 9.97. The van der Waals surface area contributed by atoms with E-state index in [4.69, 9.17) is 16.0 Å². The van der Waals surface area contributed by atoms with Crippen LogP contribution in [0.1, 0.15) is 30.8 Å². The first-order valence-electron chi connectivity index (χ1n) is 6.35. The van der Waals surface area contributed by atoms with Gasteiger partial charge < -0.3 is 14.8 Å². The summed E-state index contributed by atoms with van der Waals surface area (Å²) in [6, 6.07) is 11.5. The van der Waals surface area contributed by atoms with Gasteiger partial charge in [-0.05, 0) is 37.1 Å². The molecule has 1 aromatic heterocycles. The van der Waals surface area contributed by atoms with Gasteiger partial charge in [-0.15, -0.1) is 0 Å².